The fraction of sp³-hybridized carbons (Fsp3) is 0.316. The van der Waals surface area contributed by atoms with E-state index in [1.807, 2.05) is 25.1 Å². The highest BCUT2D eigenvalue weighted by molar-refractivity contribution is 7.89. The molecule has 0 unspecified atom stereocenters. The van der Waals surface area contributed by atoms with Crippen molar-refractivity contribution in [1.29, 1.82) is 0 Å². The second-order valence-electron chi connectivity index (χ2n) is 6.47. The molecule has 0 radical (unpaired) electrons. The molecule has 0 aliphatic carbocycles. The second-order valence-corrected chi connectivity index (χ2v) is 9.06. The molecule has 2 atom stereocenters. The predicted octanol–water partition coefficient (Wildman–Crippen LogP) is 3.27. The third-order valence-electron chi connectivity index (χ3n) is 4.12. The summed E-state index contributed by atoms with van der Waals surface area (Å²) in [5.41, 5.74) is 1.40. The monoisotopic (exact) mass is 409 g/mol. The molecule has 0 fully saturated rings. The van der Waals surface area contributed by atoms with E-state index in [1.165, 1.54) is 26.2 Å². The molecule has 2 aromatic rings. The zero-order chi connectivity index (χ0) is 20.2. The molecule has 0 aliphatic heterocycles. The van der Waals surface area contributed by atoms with E-state index in [-0.39, 0.29) is 16.8 Å². The van der Waals surface area contributed by atoms with Gasteiger partial charge in [-0.05, 0) is 49.7 Å². The van der Waals surface area contributed by atoms with E-state index < -0.39 is 16.1 Å². The number of rotatable bonds is 7. The minimum absolute atomic E-state index is 0.0788. The van der Waals surface area contributed by atoms with Crippen LogP contribution in [0.15, 0.2) is 53.4 Å². The fourth-order valence-corrected chi connectivity index (χ4v) is 3.67. The summed E-state index contributed by atoms with van der Waals surface area (Å²) in [6.07, 6.45) is 0. The zero-order valence-corrected chi connectivity index (χ0v) is 17.3. The Morgan fingerprint density at radius 1 is 1.07 bits per heavy atom. The largest absolute Gasteiger partial charge is 0.325 e. The highest BCUT2D eigenvalue weighted by Gasteiger charge is 2.19. The van der Waals surface area contributed by atoms with Crippen molar-refractivity contribution in [2.45, 2.75) is 30.8 Å². The summed E-state index contributed by atoms with van der Waals surface area (Å²) < 4.78 is 25.6. The number of hydrogen-bond acceptors (Lipinski definition) is 4. The lowest BCUT2D eigenvalue weighted by Crippen LogP contribution is -2.39. The molecule has 0 spiro atoms. The van der Waals surface area contributed by atoms with E-state index in [9.17, 15) is 13.2 Å². The van der Waals surface area contributed by atoms with Gasteiger partial charge in [-0.1, -0.05) is 29.8 Å². The van der Waals surface area contributed by atoms with Crippen molar-refractivity contribution in [2.75, 3.05) is 19.4 Å². The molecular formula is C19H24ClN3O3S. The van der Waals surface area contributed by atoms with E-state index in [2.05, 4.69) is 10.6 Å². The molecule has 0 aromatic heterocycles. The van der Waals surface area contributed by atoms with Gasteiger partial charge in [0.15, 0.2) is 0 Å². The van der Waals surface area contributed by atoms with Crippen molar-refractivity contribution >= 4 is 33.2 Å². The van der Waals surface area contributed by atoms with Gasteiger partial charge in [0.25, 0.3) is 0 Å². The molecule has 27 heavy (non-hydrogen) atoms. The number of sulfonamides is 1. The fourth-order valence-electron chi connectivity index (χ4n) is 2.52. The van der Waals surface area contributed by atoms with Gasteiger partial charge in [-0.15, -0.1) is 0 Å². The van der Waals surface area contributed by atoms with Crippen LogP contribution < -0.4 is 10.6 Å². The standard InChI is InChI=1S/C19H24ClN3O3S/c1-13(15-7-5-8-16(20)11-15)21-14(2)19(24)22-17-9-6-10-18(12-17)27(25,26)23(3)4/h5-14,21H,1-4H3,(H,22,24)/t13-,14+/m1/s1. The first-order chi connectivity index (χ1) is 12.6. The maximum Gasteiger partial charge on any atom is 0.242 e. The van der Waals surface area contributed by atoms with Crippen LogP contribution in [-0.4, -0.2) is 38.8 Å². The minimum Gasteiger partial charge on any atom is -0.325 e. The van der Waals surface area contributed by atoms with Gasteiger partial charge in [-0.25, -0.2) is 12.7 Å². The van der Waals surface area contributed by atoms with Gasteiger partial charge in [0.1, 0.15) is 0 Å². The van der Waals surface area contributed by atoms with E-state index in [4.69, 9.17) is 11.6 Å². The lowest BCUT2D eigenvalue weighted by molar-refractivity contribution is -0.117. The lowest BCUT2D eigenvalue weighted by atomic mass is 10.1. The molecule has 8 heteroatoms. The first-order valence-electron chi connectivity index (χ1n) is 8.46. The van der Waals surface area contributed by atoms with Gasteiger partial charge in [0.2, 0.25) is 15.9 Å². The maximum atomic E-state index is 12.5. The molecule has 2 N–H and O–H groups in total. The highest BCUT2D eigenvalue weighted by atomic mass is 35.5. The summed E-state index contributed by atoms with van der Waals surface area (Å²) >= 11 is 6.01. The summed E-state index contributed by atoms with van der Waals surface area (Å²) in [6, 6.07) is 13.0. The number of amides is 1. The van der Waals surface area contributed by atoms with Crippen molar-refractivity contribution in [1.82, 2.24) is 9.62 Å². The summed E-state index contributed by atoms with van der Waals surface area (Å²) in [7, 11) is -0.636. The average molecular weight is 410 g/mol. The first-order valence-corrected chi connectivity index (χ1v) is 10.3. The van der Waals surface area contributed by atoms with Crippen LogP contribution in [0.3, 0.4) is 0 Å². The predicted molar refractivity (Wildman–Crippen MR) is 108 cm³/mol. The summed E-state index contributed by atoms with van der Waals surface area (Å²) in [5, 5.41) is 6.60. The van der Waals surface area contributed by atoms with Crippen LogP contribution in [0.5, 0.6) is 0 Å². The molecular weight excluding hydrogens is 386 g/mol. The average Bonchev–Trinajstić information content (AvgIpc) is 2.61. The van der Waals surface area contributed by atoms with E-state index in [0.29, 0.717) is 10.7 Å². The van der Waals surface area contributed by atoms with Crippen molar-refractivity contribution in [2.24, 2.45) is 0 Å². The van der Waals surface area contributed by atoms with Crippen LogP contribution >= 0.6 is 11.6 Å². The number of nitrogens with zero attached hydrogens (tertiary/aromatic N) is 1. The zero-order valence-electron chi connectivity index (χ0n) is 15.7. The number of hydrogen-bond donors (Lipinski definition) is 2. The molecule has 0 aliphatic rings. The maximum absolute atomic E-state index is 12.5. The summed E-state index contributed by atoms with van der Waals surface area (Å²) in [5.74, 6) is -0.261. The second kappa shape index (κ2) is 8.84. The highest BCUT2D eigenvalue weighted by Crippen LogP contribution is 2.20. The van der Waals surface area contributed by atoms with Crippen molar-refractivity contribution in [3.8, 4) is 0 Å². The van der Waals surface area contributed by atoms with Crippen molar-refractivity contribution in [3.63, 3.8) is 0 Å². The number of nitrogens with one attached hydrogen (secondary N) is 2. The Kier molecular flexibility index (Phi) is 7.00. The van der Waals surface area contributed by atoms with Crippen LogP contribution in [0.2, 0.25) is 5.02 Å². The molecule has 2 rings (SSSR count). The number of carbonyl (C=O) groups excluding carboxylic acids is 1. The first kappa shape index (κ1) is 21.4. The minimum atomic E-state index is -3.56. The van der Waals surface area contributed by atoms with E-state index in [1.54, 1.807) is 25.1 Å². The van der Waals surface area contributed by atoms with Gasteiger partial charge in [-0.2, -0.15) is 0 Å². The van der Waals surface area contributed by atoms with Crippen LogP contribution in [0.4, 0.5) is 5.69 Å². The van der Waals surface area contributed by atoms with Crippen molar-refractivity contribution < 1.29 is 13.2 Å². The molecule has 0 saturated heterocycles. The quantitative estimate of drug-likeness (QED) is 0.735. The summed E-state index contributed by atoms with van der Waals surface area (Å²) in [6.45, 7) is 3.69. The van der Waals surface area contributed by atoms with Gasteiger partial charge in [0.05, 0.1) is 10.9 Å². The van der Waals surface area contributed by atoms with Crippen LogP contribution in [0.1, 0.15) is 25.5 Å². The molecule has 146 valence electrons. The van der Waals surface area contributed by atoms with E-state index in [0.717, 1.165) is 9.87 Å². The Morgan fingerprint density at radius 2 is 1.74 bits per heavy atom. The number of halogens is 1. The Morgan fingerprint density at radius 3 is 2.37 bits per heavy atom. The van der Waals surface area contributed by atoms with Crippen LogP contribution in [0.25, 0.3) is 0 Å². The Bertz CT molecular complexity index is 916. The Balaban J connectivity index is 2.06. The number of carbonyl (C=O) groups is 1. The normalized spacial score (nSPS) is 14.0. The third-order valence-corrected chi connectivity index (χ3v) is 6.17. The third kappa shape index (κ3) is 5.52. The molecule has 1 amide bonds. The van der Waals surface area contributed by atoms with Crippen molar-refractivity contribution in [3.05, 3.63) is 59.1 Å². The topological polar surface area (TPSA) is 78.5 Å². The molecule has 0 heterocycles. The lowest BCUT2D eigenvalue weighted by Gasteiger charge is -2.20. The smallest absolute Gasteiger partial charge is 0.242 e. The van der Waals surface area contributed by atoms with Crippen LogP contribution in [-0.2, 0) is 14.8 Å². The molecule has 6 nitrogen and oxygen atoms in total. The van der Waals surface area contributed by atoms with Gasteiger partial charge >= 0.3 is 0 Å². The molecule has 0 saturated carbocycles. The van der Waals surface area contributed by atoms with Gasteiger partial charge in [0, 0.05) is 30.8 Å². The van der Waals surface area contributed by atoms with Crippen LogP contribution in [0, 0.1) is 0 Å². The number of anilines is 1. The SMILES string of the molecule is C[C@H](N[C@H](C)c1cccc(Cl)c1)C(=O)Nc1cccc(S(=O)(=O)N(C)C)c1. The Labute approximate surface area is 165 Å². The van der Waals surface area contributed by atoms with Gasteiger partial charge < -0.3 is 5.32 Å². The Hall–Kier alpha value is -1.93. The molecule has 2 aromatic carbocycles. The van der Waals surface area contributed by atoms with E-state index >= 15 is 0 Å². The van der Waals surface area contributed by atoms with Gasteiger partial charge in [-0.3, -0.25) is 10.1 Å². The summed E-state index contributed by atoms with van der Waals surface area (Å²) in [4.78, 5) is 12.6. The molecule has 0 bridgehead atoms. The number of benzene rings is 2.